The van der Waals surface area contributed by atoms with E-state index in [1.807, 2.05) is 43.3 Å². The predicted octanol–water partition coefficient (Wildman–Crippen LogP) is 4.51. The van der Waals surface area contributed by atoms with Gasteiger partial charge >= 0.3 is 0 Å². The minimum absolute atomic E-state index is 0.267. The van der Waals surface area contributed by atoms with Gasteiger partial charge < -0.3 is 19.5 Å². The Kier molecular flexibility index (Phi) is 5.27. The number of benzene rings is 3. The van der Waals surface area contributed by atoms with Gasteiger partial charge in [-0.2, -0.15) is 0 Å². The highest BCUT2D eigenvalue weighted by Crippen LogP contribution is 2.32. The van der Waals surface area contributed by atoms with Crippen LogP contribution in [0.2, 0.25) is 0 Å². The Morgan fingerprint density at radius 3 is 2.46 bits per heavy atom. The molecule has 1 N–H and O–H groups in total. The topological polar surface area (TPSA) is 56.8 Å². The number of anilines is 1. The molecule has 0 unspecified atom stereocenters. The lowest BCUT2D eigenvalue weighted by Gasteiger charge is -2.15. The summed E-state index contributed by atoms with van der Waals surface area (Å²) in [5.41, 5.74) is 1.03. The average molecular weight is 351 g/mol. The third-order valence-corrected chi connectivity index (χ3v) is 4.07. The Hall–Kier alpha value is -3.21. The third kappa shape index (κ3) is 3.42. The first-order valence-corrected chi connectivity index (χ1v) is 8.35. The van der Waals surface area contributed by atoms with E-state index in [1.54, 1.807) is 32.4 Å². The molecule has 0 fully saturated rings. The molecular formula is C21H21NO4. The summed E-state index contributed by atoms with van der Waals surface area (Å²) < 4.78 is 16.3. The first kappa shape index (κ1) is 17.6. The lowest BCUT2D eigenvalue weighted by atomic mass is 10.0. The van der Waals surface area contributed by atoms with Gasteiger partial charge in [0.2, 0.25) is 0 Å². The number of carbonyl (C=O) groups is 1. The molecule has 0 bridgehead atoms. The Morgan fingerprint density at radius 2 is 1.73 bits per heavy atom. The number of methoxy groups -OCH3 is 2. The third-order valence-electron chi connectivity index (χ3n) is 4.07. The van der Waals surface area contributed by atoms with E-state index in [2.05, 4.69) is 5.32 Å². The molecule has 0 heterocycles. The molecule has 134 valence electrons. The Morgan fingerprint density at radius 1 is 0.962 bits per heavy atom. The van der Waals surface area contributed by atoms with Gasteiger partial charge in [0.15, 0.2) is 0 Å². The van der Waals surface area contributed by atoms with E-state index in [1.165, 1.54) is 0 Å². The van der Waals surface area contributed by atoms with E-state index >= 15 is 0 Å². The molecule has 0 aromatic heterocycles. The molecule has 0 aliphatic rings. The van der Waals surface area contributed by atoms with Crippen molar-refractivity contribution in [2.24, 2.45) is 0 Å². The lowest BCUT2D eigenvalue weighted by Crippen LogP contribution is -2.15. The molecule has 0 spiro atoms. The molecule has 0 saturated carbocycles. The number of hydrogen-bond donors (Lipinski definition) is 1. The predicted molar refractivity (Wildman–Crippen MR) is 103 cm³/mol. The number of ether oxygens (including phenoxy) is 3. The minimum Gasteiger partial charge on any atom is -0.497 e. The minimum atomic E-state index is -0.267. The number of fused-ring (bicyclic) bond motifs is 1. The highest BCUT2D eigenvalue weighted by atomic mass is 16.5. The van der Waals surface area contributed by atoms with Crippen LogP contribution < -0.4 is 19.5 Å². The maximum atomic E-state index is 13.1. The van der Waals surface area contributed by atoms with Crippen molar-refractivity contribution in [3.05, 3.63) is 60.2 Å². The van der Waals surface area contributed by atoms with Gasteiger partial charge in [-0.05, 0) is 35.9 Å². The highest BCUT2D eigenvalue weighted by Gasteiger charge is 2.18. The van der Waals surface area contributed by atoms with Gasteiger partial charge in [-0.3, -0.25) is 4.79 Å². The first-order valence-electron chi connectivity index (χ1n) is 8.35. The zero-order chi connectivity index (χ0) is 18.5. The fourth-order valence-electron chi connectivity index (χ4n) is 2.86. The summed E-state index contributed by atoms with van der Waals surface area (Å²) in [6, 6.07) is 16.7. The van der Waals surface area contributed by atoms with Crippen LogP contribution in [0.3, 0.4) is 0 Å². The molecule has 3 rings (SSSR count). The number of rotatable bonds is 6. The second-order valence-electron chi connectivity index (χ2n) is 5.61. The van der Waals surface area contributed by atoms with Crippen molar-refractivity contribution in [2.45, 2.75) is 6.92 Å². The number of amides is 1. The van der Waals surface area contributed by atoms with E-state index in [0.717, 1.165) is 10.8 Å². The van der Waals surface area contributed by atoms with Crippen LogP contribution in [0.25, 0.3) is 10.8 Å². The van der Waals surface area contributed by atoms with Crippen LogP contribution in [0, 0.1) is 0 Å². The van der Waals surface area contributed by atoms with E-state index in [-0.39, 0.29) is 5.91 Å². The van der Waals surface area contributed by atoms with Crippen molar-refractivity contribution in [1.82, 2.24) is 0 Å². The van der Waals surface area contributed by atoms with Gasteiger partial charge in [0.25, 0.3) is 5.91 Å². The highest BCUT2D eigenvalue weighted by molar-refractivity contribution is 6.15. The van der Waals surface area contributed by atoms with E-state index in [9.17, 15) is 4.79 Å². The Bertz CT molecular complexity index is 936. The Balaban J connectivity index is 2.06. The molecule has 5 heteroatoms. The Labute approximate surface area is 152 Å². The van der Waals surface area contributed by atoms with Gasteiger partial charge in [0.1, 0.15) is 17.2 Å². The van der Waals surface area contributed by atoms with Crippen molar-refractivity contribution in [3.63, 3.8) is 0 Å². The van der Waals surface area contributed by atoms with Crippen LogP contribution in [0.4, 0.5) is 5.69 Å². The van der Waals surface area contributed by atoms with Crippen LogP contribution >= 0.6 is 0 Å². The van der Waals surface area contributed by atoms with Crippen LogP contribution in [0.1, 0.15) is 17.3 Å². The summed E-state index contributed by atoms with van der Waals surface area (Å²) >= 11 is 0. The van der Waals surface area contributed by atoms with Crippen molar-refractivity contribution in [1.29, 1.82) is 0 Å². The SMILES string of the molecule is CCOc1ccc2ccccc2c1C(=O)Nc1cc(OC)ccc1OC. The van der Waals surface area contributed by atoms with Crippen molar-refractivity contribution < 1.29 is 19.0 Å². The molecule has 0 saturated heterocycles. The van der Waals surface area contributed by atoms with Crippen molar-refractivity contribution in [2.75, 3.05) is 26.1 Å². The van der Waals surface area contributed by atoms with Crippen LogP contribution in [-0.4, -0.2) is 26.7 Å². The zero-order valence-corrected chi connectivity index (χ0v) is 15.0. The monoisotopic (exact) mass is 351 g/mol. The molecule has 1 amide bonds. The van der Waals surface area contributed by atoms with Crippen molar-refractivity contribution in [3.8, 4) is 17.2 Å². The zero-order valence-electron chi connectivity index (χ0n) is 15.0. The van der Waals surface area contributed by atoms with Gasteiger partial charge in [0, 0.05) is 6.07 Å². The lowest BCUT2D eigenvalue weighted by molar-refractivity contribution is 0.102. The van der Waals surface area contributed by atoms with E-state index in [4.69, 9.17) is 14.2 Å². The summed E-state index contributed by atoms with van der Waals surface area (Å²) in [7, 11) is 3.13. The average Bonchev–Trinajstić information content (AvgIpc) is 2.67. The smallest absolute Gasteiger partial charge is 0.260 e. The molecule has 3 aromatic carbocycles. The maximum absolute atomic E-state index is 13.1. The fourth-order valence-corrected chi connectivity index (χ4v) is 2.86. The van der Waals surface area contributed by atoms with Crippen LogP contribution in [-0.2, 0) is 0 Å². The molecule has 0 aliphatic heterocycles. The standard InChI is InChI=1S/C21H21NO4/c1-4-26-19-11-9-14-7-5-6-8-16(14)20(19)21(23)22-17-13-15(24-2)10-12-18(17)25-3/h5-13H,4H2,1-3H3,(H,22,23). The normalized spacial score (nSPS) is 10.4. The summed E-state index contributed by atoms with van der Waals surface area (Å²) in [5, 5.41) is 4.72. The van der Waals surface area contributed by atoms with Crippen LogP contribution in [0.5, 0.6) is 17.2 Å². The van der Waals surface area contributed by atoms with Crippen molar-refractivity contribution >= 4 is 22.4 Å². The maximum Gasteiger partial charge on any atom is 0.260 e. The number of hydrogen-bond acceptors (Lipinski definition) is 4. The number of nitrogens with one attached hydrogen (secondary N) is 1. The van der Waals surface area contributed by atoms with Gasteiger partial charge in [-0.1, -0.05) is 30.3 Å². The molecule has 3 aromatic rings. The summed E-state index contributed by atoms with van der Waals surface area (Å²) in [6.45, 7) is 2.36. The molecular weight excluding hydrogens is 330 g/mol. The van der Waals surface area contributed by atoms with Gasteiger partial charge in [0.05, 0.1) is 32.1 Å². The summed E-state index contributed by atoms with van der Waals surface area (Å²) in [5.74, 6) is 1.46. The van der Waals surface area contributed by atoms with Gasteiger partial charge in [-0.25, -0.2) is 0 Å². The molecule has 0 atom stereocenters. The van der Waals surface area contributed by atoms with Crippen LogP contribution in [0.15, 0.2) is 54.6 Å². The first-order chi connectivity index (χ1) is 12.7. The van der Waals surface area contributed by atoms with Gasteiger partial charge in [-0.15, -0.1) is 0 Å². The largest absolute Gasteiger partial charge is 0.497 e. The molecule has 5 nitrogen and oxygen atoms in total. The fraction of sp³-hybridized carbons (Fsp3) is 0.190. The quantitative estimate of drug-likeness (QED) is 0.710. The van der Waals surface area contributed by atoms with E-state index < -0.39 is 0 Å². The summed E-state index contributed by atoms with van der Waals surface area (Å²) in [4.78, 5) is 13.1. The molecule has 26 heavy (non-hydrogen) atoms. The second-order valence-corrected chi connectivity index (χ2v) is 5.61. The number of carbonyl (C=O) groups excluding carboxylic acids is 1. The van der Waals surface area contributed by atoms with E-state index in [0.29, 0.717) is 35.1 Å². The molecule has 0 aliphatic carbocycles. The molecule has 0 radical (unpaired) electrons. The summed E-state index contributed by atoms with van der Waals surface area (Å²) in [6.07, 6.45) is 0. The second kappa shape index (κ2) is 7.78.